The number of amides is 2. The van der Waals surface area contributed by atoms with E-state index in [-0.39, 0.29) is 35.4 Å². The highest BCUT2D eigenvalue weighted by Crippen LogP contribution is 2.20. The molecular formula is C16H30N2O4S. The first-order valence-electron chi connectivity index (χ1n) is 8.54. The van der Waals surface area contributed by atoms with E-state index in [2.05, 4.69) is 5.32 Å². The summed E-state index contributed by atoms with van der Waals surface area (Å²) in [6.45, 7) is 6.45. The van der Waals surface area contributed by atoms with Crippen LogP contribution in [0.25, 0.3) is 0 Å². The van der Waals surface area contributed by atoms with Gasteiger partial charge in [0, 0.05) is 31.5 Å². The average molecular weight is 346 g/mol. The van der Waals surface area contributed by atoms with E-state index in [4.69, 9.17) is 0 Å². The third kappa shape index (κ3) is 7.33. The van der Waals surface area contributed by atoms with E-state index in [9.17, 15) is 18.0 Å². The van der Waals surface area contributed by atoms with Crippen LogP contribution >= 0.6 is 0 Å². The van der Waals surface area contributed by atoms with Crippen LogP contribution in [0.15, 0.2) is 0 Å². The standard InChI is InChI=1S/C16H30N2O4S/c1-4-5-10-18(14-9-11-23(21,22)12-14)16(20)8-6-7-15(19)17-13(2)3/h13-14H,4-12H2,1-3H3,(H,17,19). The Morgan fingerprint density at radius 1 is 1.22 bits per heavy atom. The normalized spacial score (nSPS) is 19.7. The van der Waals surface area contributed by atoms with Crippen molar-refractivity contribution in [3.05, 3.63) is 0 Å². The van der Waals surface area contributed by atoms with Gasteiger partial charge in [-0.2, -0.15) is 0 Å². The fourth-order valence-electron chi connectivity index (χ4n) is 2.80. The smallest absolute Gasteiger partial charge is 0.222 e. The number of hydrogen-bond donors (Lipinski definition) is 1. The number of nitrogens with zero attached hydrogens (tertiary/aromatic N) is 1. The molecule has 1 saturated heterocycles. The van der Waals surface area contributed by atoms with Crippen molar-refractivity contribution in [2.75, 3.05) is 18.1 Å². The maximum absolute atomic E-state index is 12.5. The van der Waals surface area contributed by atoms with Crippen LogP contribution in [0.3, 0.4) is 0 Å². The number of hydrogen-bond acceptors (Lipinski definition) is 4. The highest BCUT2D eigenvalue weighted by molar-refractivity contribution is 7.91. The third-order valence-electron chi connectivity index (χ3n) is 3.97. The molecule has 0 saturated carbocycles. The Balaban J connectivity index is 2.51. The second-order valence-corrected chi connectivity index (χ2v) is 8.80. The molecule has 0 aliphatic carbocycles. The molecule has 6 nitrogen and oxygen atoms in total. The fraction of sp³-hybridized carbons (Fsp3) is 0.875. The van der Waals surface area contributed by atoms with Gasteiger partial charge in [0.2, 0.25) is 11.8 Å². The van der Waals surface area contributed by atoms with Gasteiger partial charge >= 0.3 is 0 Å². The Morgan fingerprint density at radius 2 is 1.91 bits per heavy atom. The van der Waals surface area contributed by atoms with Gasteiger partial charge in [-0.1, -0.05) is 13.3 Å². The van der Waals surface area contributed by atoms with Crippen LogP contribution in [0.5, 0.6) is 0 Å². The van der Waals surface area contributed by atoms with Crippen LogP contribution in [0.4, 0.5) is 0 Å². The molecule has 7 heteroatoms. The lowest BCUT2D eigenvalue weighted by Gasteiger charge is -2.28. The average Bonchev–Trinajstić information content (AvgIpc) is 2.78. The van der Waals surface area contributed by atoms with Gasteiger partial charge in [-0.05, 0) is 33.1 Å². The molecule has 1 atom stereocenters. The number of sulfone groups is 1. The SMILES string of the molecule is CCCCN(C(=O)CCCC(=O)NC(C)C)C1CCS(=O)(=O)C1. The highest BCUT2D eigenvalue weighted by atomic mass is 32.2. The van der Waals surface area contributed by atoms with Crippen molar-refractivity contribution in [1.82, 2.24) is 10.2 Å². The molecule has 1 fully saturated rings. The van der Waals surface area contributed by atoms with E-state index in [0.29, 0.717) is 32.2 Å². The number of nitrogens with one attached hydrogen (secondary N) is 1. The zero-order valence-corrected chi connectivity index (χ0v) is 15.3. The Kier molecular flexibility index (Phi) is 8.02. The number of rotatable bonds is 9. The van der Waals surface area contributed by atoms with Gasteiger partial charge in [-0.15, -0.1) is 0 Å². The monoisotopic (exact) mass is 346 g/mol. The van der Waals surface area contributed by atoms with Crippen LogP contribution in [-0.4, -0.2) is 55.3 Å². The first kappa shape index (κ1) is 19.9. The Bertz CT molecular complexity index is 502. The molecule has 23 heavy (non-hydrogen) atoms. The second kappa shape index (κ2) is 9.25. The van der Waals surface area contributed by atoms with Crippen LogP contribution in [0, 0.1) is 0 Å². The van der Waals surface area contributed by atoms with Crippen LogP contribution in [0.1, 0.15) is 59.3 Å². The molecule has 0 aromatic carbocycles. The summed E-state index contributed by atoms with van der Waals surface area (Å²) < 4.78 is 23.3. The molecule has 1 aliphatic heterocycles. The largest absolute Gasteiger partial charge is 0.354 e. The molecule has 1 rings (SSSR count). The third-order valence-corrected chi connectivity index (χ3v) is 5.72. The van der Waals surface area contributed by atoms with E-state index in [1.54, 1.807) is 4.90 Å². The van der Waals surface area contributed by atoms with Crippen molar-refractivity contribution in [3.63, 3.8) is 0 Å². The summed E-state index contributed by atoms with van der Waals surface area (Å²) >= 11 is 0. The topological polar surface area (TPSA) is 83.6 Å². The zero-order chi connectivity index (χ0) is 17.5. The molecule has 0 aromatic rings. The van der Waals surface area contributed by atoms with Crippen LogP contribution in [0.2, 0.25) is 0 Å². The summed E-state index contributed by atoms with van der Waals surface area (Å²) in [5, 5.41) is 2.80. The summed E-state index contributed by atoms with van der Waals surface area (Å²) in [4.78, 5) is 25.8. The minimum Gasteiger partial charge on any atom is -0.354 e. The minimum atomic E-state index is -3.00. The van der Waals surface area contributed by atoms with Gasteiger partial charge < -0.3 is 10.2 Å². The Labute approximate surface area is 139 Å². The van der Waals surface area contributed by atoms with E-state index in [1.807, 2.05) is 20.8 Å². The lowest BCUT2D eigenvalue weighted by atomic mass is 10.1. The summed E-state index contributed by atoms with van der Waals surface area (Å²) in [6, 6.07) is -0.0912. The molecule has 0 aromatic heterocycles. The van der Waals surface area contributed by atoms with Crippen molar-refractivity contribution in [3.8, 4) is 0 Å². The van der Waals surface area contributed by atoms with Crippen molar-refractivity contribution < 1.29 is 18.0 Å². The van der Waals surface area contributed by atoms with Gasteiger partial charge in [0.15, 0.2) is 9.84 Å². The molecule has 1 aliphatic rings. The predicted molar refractivity (Wildman–Crippen MR) is 90.8 cm³/mol. The molecule has 0 spiro atoms. The summed E-state index contributed by atoms with van der Waals surface area (Å²) in [5.74, 6) is 0.176. The molecule has 0 radical (unpaired) electrons. The van der Waals surface area contributed by atoms with E-state index in [1.165, 1.54) is 0 Å². The van der Waals surface area contributed by atoms with Gasteiger partial charge in [0.25, 0.3) is 0 Å². The quantitative estimate of drug-likeness (QED) is 0.686. The maximum Gasteiger partial charge on any atom is 0.222 e. The maximum atomic E-state index is 12.5. The molecule has 134 valence electrons. The van der Waals surface area contributed by atoms with Gasteiger partial charge in [-0.25, -0.2) is 8.42 Å². The summed E-state index contributed by atoms with van der Waals surface area (Å²) in [6.07, 6.45) is 3.49. The van der Waals surface area contributed by atoms with Crippen LogP contribution in [-0.2, 0) is 19.4 Å². The van der Waals surface area contributed by atoms with Crippen molar-refractivity contribution in [2.45, 2.75) is 71.4 Å². The zero-order valence-electron chi connectivity index (χ0n) is 14.5. The predicted octanol–water partition coefficient (Wildman–Crippen LogP) is 1.50. The minimum absolute atomic E-state index is 0.0297. The van der Waals surface area contributed by atoms with Gasteiger partial charge in [0.1, 0.15) is 0 Å². The fourth-order valence-corrected chi connectivity index (χ4v) is 4.53. The Morgan fingerprint density at radius 3 is 2.43 bits per heavy atom. The molecule has 0 bridgehead atoms. The molecule has 1 N–H and O–H groups in total. The lowest BCUT2D eigenvalue weighted by Crippen LogP contribution is -2.41. The van der Waals surface area contributed by atoms with E-state index in [0.717, 1.165) is 12.8 Å². The number of carbonyl (C=O) groups excluding carboxylic acids is 2. The number of unbranched alkanes of at least 4 members (excludes halogenated alkanes) is 1. The van der Waals surface area contributed by atoms with Gasteiger partial charge in [-0.3, -0.25) is 9.59 Å². The van der Waals surface area contributed by atoms with E-state index < -0.39 is 9.84 Å². The highest BCUT2D eigenvalue weighted by Gasteiger charge is 2.34. The van der Waals surface area contributed by atoms with Crippen molar-refractivity contribution in [1.29, 1.82) is 0 Å². The molecule has 2 amide bonds. The van der Waals surface area contributed by atoms with Gasteiger partial charge in [0.05, 0.1) is 11.5 Å². The second-order valence-electron chi connectivity index (χ2n) is 6.57. The van der Waals surface area contributed by atoms with Crippen molar-refractivity contribution in [2.24, 2.45) is 0 Å². The Hall–Kier alpha value is -1.11. The van der Waals surface area contributed by atoms with Crippen LogP contribution < -0.4 is 5.32 Å². The molecule has 1 unspecified atom stereocenters. The van der Waals surface area contributed by atoms with Crippen molar-refractivity contribution >= 4 is 21.7 Å². The first-order valence-corrected chi connectivity index (χ1v) is 10.4. The number of carbonyl (C=O) groups is 2. The molecular weight excluding hydrogens is 316 g/mol. The van der Waals surface area contributed by atoms with E-state index >= 15 is 0 Å². The first-order chi connectivity index (χ1) is 10.7. The lowest BCUT2D eigenvalue weighted by molar-refractivity contribution is -0.133. The summed E-state index contributed by atoms with van der Waals surface area (Å²) in [7, 11) is -3.00. The molecule has 1 heterocycles. The summed E-state index contributed by atoms with van der Waals surface area (Å²) in [5.41, 5.74) is 0.